The van der Waals surface area contributed by atoms with Crippen LogP contribution in [0.2, 0.25) is 5.82 Å². The van der Waals surface area contributed by atoms with E-state index in [9.17, 15) is 0 Å². The van der Waals surface area contributed by atoms with Gasteiger partial charge in [0.2, 0.25) is 0 Å². The summed E-state index contributed by atoms with van der Waals surface area (Å²) in [5, 5.41) is 0. The van der Waals surface area contributed by atoms with E-state index in [1.54, 1.807) is 0 Å². The van der Waals surface area contributed by atoms with Crippen LogP contribution in [0.5, 0.6) is 0 Å². The summed E-state index contributed by atoms with van der Waals surface area (Å²) in [5.74, 6) is 0.851. The van der Waals surface area contributed by atoms with Gasteiger partial charge < -0.3 is 0 Å². The van der Waals surface area contributed by atoms with E-state index >= 15 is 0 Å². The molecule has 0 N–H and O–H groups in total. The predicted molar refractivity (Wildman–Crippen MR) is 57.5 cm³/mol. The monoisotopic (exact) mass is 162 g/mol. The fourth-order valence-corrected chi connectivity index (χ4v) is 1.01. The predicted octanol–water partition coefficient (Wildman–Crippen LogP) is 3.37. The fraction of sp³-hybridized carbons (Fsp3) is 0.636. The first kappa shape index (κ1) is 11.5. The van der Waals surface area contributed by atoms with Crippen LogP contribution in [-0.4, -0.2) is 7.85 Å². The minimum atomic E-state index is 0.0579. The van der Waals surface area contributed by atoms with Gasteiger partial charge in [-0.25, -0.2) is 0 Å². The highest BCUT2D eigenvalue weighted by Crippen LogP contribution is 2.31. The number of allylic oxidation sites excluding steroid dienone is 2. The molecule has 0 saturated heterocycles. The van der Waals surface area contributed by atoms with Gasteiger partial charge in [-0.2, -0.15) is 0 Å². The van der Waals surface area contributed by atoms with E-state index in [1.807, 2.05) is 6.92 Å². The van der Waals surface area contributed by atoms with Crippen LogP contribution >= 0.6 is 0 Å². The molecule has 0 amide bonds. The van der Waals surface area contributed by atoms with E-state index in [-0.39, 0.29) is 5.82 Å². The molecule has 2 unspecified atom stereocenters. The standard InChI is InChI=1S/C11H19B/c1-7(2)9(5)11(12)10(6)8(3)4/h8-9,11H,1,6H2,2-5H3. The van der Waals surface area contributed by atoms with E-state index in [1.165, 1.54) is 0 Å². The smallest absolute Gasteiger partial charge is 0.0767 e. The van der Waals surface area contributed by atoms with Crippen LogP contribution in [0, 0.1) is 11.8 Å². The summed E-state index contributed by atoms with van der Waals surface area (Å²) in [6, 6.07) is 0. The Kier molecular flexibility index (Phi) is 4.37. The van der Waals surface area contributed by atoms with Gasteiger partial charge in [0, 0.05) is 0 Å². The average Bonchev–Trinajstić information content (AvgIpc) is 2.00. The quantitative estimate of drug-likeness (QED) is 0.439. The summed E-state index contributed by atoms with van der Waals surface area (Å²) in [5.41, 5.74) is 2.25. The van der Waals surface area contributed by atoms with Crippen molar-refractivity contribution in [2.45, 2.75) is 33.5 Å². The van der Waals surface area contributed by atoms with Crippen molar-refractivity contribution in [3.63, 3.8) is 0 Å². The van der Waals surface area contributed by atoms with Crippen molar-refractivity contribution < 1.29 is 0 Å². The normalized spacial score (nSPS) is 15.8. The first-order valence-corrected chi connectivity index (χ1v) is 4.47. The van der Waals surface area contributed by atoms with Crippen LogP contribution in [0.4, 0.5) is 0 Å². The second-order valence-electron chi connectivity index (χ2n) is 3.89. The summed E-state index contributed by atoms with van der Waals surface area (Å²) in [6.45, 7) is 16.2. The maximum atomic E-state index is 6.00. The molecular formula is C11H19B. The molecule has 0 fully saturated rings. The average molecular weight is 162 g/mol. The van der Waals surface area contributed by atoms with Gasteiger partial charge in [-0.3, -0.25) is 0 Å². The topological polar surface area (TPSA) is 0 Å². The molecule has 0 rings (SSSR count). The summed E-state index contributed by atoms with van der Waals surface area (Å²) in [7, 11) is 6.00. The van der Waals surface area contributed by atoms with Gasteiger partial charge in [-0.05, 0) is 18.8 Å². The third-order valence-electron chi connectivity index (χ3n) is 2.49. The van der Waals surface area contributed by atoms with Crippen molar-refractivity contribution in [1.82, 2.24) is 0 Å². The van der Waals surface area contributed by atoms with Gasteiger partial charge >= 0.3 is 0 Å². The van der Waals surface area contributed by atoms with Gasteiger partial charge in [0.25, 0.3) is 0 Å². The van der Waals surface area contributed by atoms with Gasteiger partial charge in [0.05, 0.1) is 7.85 Å². The Labute approximate surface area is 78.2 Å². The molecule has 66 valence electrons. The molecule has 0 aliphatic heterocycles. The molecule has 0 aliphatic rings. The Morgan fingerprint density at radius 3 is 1.83 bits per heavy atom. The molecule has 0 bridgehead atoms. The van der Waals surface area contributed by atoms with Crippen molar-refractivity contribution in [2.75, 3.05) is 0 Å². The van der Waals surface area contributed by atoms with Crippen LogP contribution in [0.15, 0.2) is 24.3 Å². The first-order chi connectivity index (χ1) is 5.37. The molecule has 2 atom stereocenters. The Balaban J connectivity index is 4.29. The lowest BCUT2D eigenvalue weighted by Gasteiger charge is -2.25. The highest BCUT2D eigenvalue weighted by atomic mass is 14.2. The highest BCUT2D eigenvalue weighted by molar-refractivity contribution is 6.14. The van der Waals surface area contributed by atoms with E-state index in [0.29, 0.717) is 11.8 Å². The molecule has 0 heterocycles. The molecule has 12 heavy (non-hydrogen) atoms. The van der Waals surface area contributed by atoms with Crippen molar-refractivity contribution in [2.24, 2.45) is 11.8 Å². The van der Waals surface area contributed by atoms with E-state index in [0.717, 1.165) is 11.1 Å². The first-order valence-electron chi connectivity index (χ1n) is 4.47. The lowest BCUT2D eigenvalue weighted by molar-refractivity contribution is 0.611. The zero-order chi connectivity index (χ0) is 9.89. The van der Waals surface area contributed by atoms with E-state index in [2.05, 4.69) is 33.9 Å². The molecule has 2 radical (unpaired) electrons. The maximum Gasteiger partial charge on any atom is 0.0767 e. The van der Waals surface area contributed by atoms with Gasteiger partial charge in [0.15, 0.2) is 0 Å². The zero-order valence-corrected chi connectivity index (χ0v) is 8.72. The largest absolute Gasteiger partial charge is 0.100 e. The second-order valence-corrected chi connectivity index (χ2v) is 3.89. The molecular weight excluding hydrogens is 143 g/mol. The van der Waals surface area contributed by atoms with Crippen LogP contribution in [0.25, 0.3) is 0 Å². The van der Waals surface area contributed by atoms with Gasteiger partial charge in [-0.1, -0.05) is 44.3 Å². The molecule has 0 aromatic carbocycles. The van der Waals surface area contributed by atoms with Crippen molar-refractivity contribution in [3.05, 3.63) is 24.3 Å². The summed E-state index contributed by atoms with van der Waals surface area (Å²) in [6.07, 6.45) is 0. The number of hydrogen-bond acceptors (Lipinski definition) is 0. The van der Waals surface area contributed by atoms with Crippen molar-refractivity contribution in [3.8, 4) is 0 Å². The SMILES string of the molecule is [B]C(C(=C)C(C)C)C(C)C(=C)C. The Hall–Kier alpha value is -0.455. The van der Waals surface area contributed by atoms with E-state index in [4.69, 9.17) is 7.85 Å². The Morgan fingerprint density at radius 1 is 1.17 bits per heavy atom. The minimum Gasteiger partial charge on any atom is -0.100 e. The molecule has 0 aliphatic carbocycles. The van der Waals surface area contributed by atoms with Crippen molar-refractivity contribution >= 4 is 7.85 Å². The number of rotatable bonds is 4. The molecule has 1 heteroatoms. The van der Waals surface area contributed by atoms with Crippen LogP contribution in [0.1, 0.15) is 27.7 Å². The lowest BCUT2D eigenvalue weighted by atomic mass is 9.68. The van der Waals surface area contributed by atoms with Crippen LogP contribution in [0.3, 0.4) is 0 Å². The fourth-order valence-electron chi connectivity index (χ4n) is 1.01. The summed E-state index contributed by atoms with van der Waals surface area (Å²) < 4.78 is 0. The summed E-state index contributed by atoms with van der Waals surface area (Å²) in [4.78, 5) is 0. The van der Waals surface area contributed by atoms with Gasteiger partial charge in [-0.15, -0.1) is 6.58 Å². The van der Waals surface area contributed by atoms with Crippen molar-refractivity contribution in [1.29, 1.82) is 0 Å². The molecule has 0 spiro atoms. The zero-order valence-electron chi connectivity index (χ0n) is 8.72. The highest BCUT2D eigenvalue weighted by Gasteiger charge is 2.16. The molecule has 0 aromatic rings. The third-order valence-corrected chi connectivity index (χ3v) is 2.49. The van der Waals surface area contributed by atoms with Gasteiger partial charge in [0.1, 0.15) is 0 Å². The second kappa shape index (κ2) is 4.54. The Bertz CT molecular complexity index is 179. The maximum absolute atomic E-state index is 6.00. The van der Waals surface area contributed by atoms with Crippen LogP contribution in [-0.2, 0) is 0 Å². The molecule has 0 nitrogen and oxygen atoms in total. The summed E-state index contributed by atoms with van der Waals surface area (Å²) >= 11 is 0. The molecule has 0 saturated carbocycles. The van der Waals surface area contributed by atoms with E-state index < -0.39 is 0 Å². The lowest BCUT2D eigenvalue weighted by Crippen LogP contribution is -2.12. The Morgan fingerprint density at radius 2 is 1.58 bits per heavy atom. The number of hydrogen-bond donors (Lipinski definition) is 0. The molecule has 0 aromatic heterocycles. The van der Waals surface area contributed by atoms with Crippen LogP contribution < -0.4 is 0 Å². The minimum absolute atomic E-state index is 0.0579. The third kappa shape index (κ3) is 2.88.